The van der Waals surface area contributed by atoms with Gasteiger partial charge < -0.3 is 10.5 Å². The van der Waals surface area contributed by atoms with Crippen LogP contribution in [0, 0.1) is 5.82 Å². The predicted octanol–water partition coefficient (Wildman–Crippen LogP) is 1.38. The summed E-state index contributed by atoms with van der Waals surface area (Å²) in [7, 11) is 0. The highest BCUT2D eigenvalue weighted by Gasteiger charge is 2.44. The maximum absolute atomic E-state index is 13.1. The summed E-state index contributed by atoms with van der Waals surface area (Å²) in [6, 6.07) is 4.71. The number of rotatable bonds is 4. The zero-order valence-electron chi connectivity index (χ0n) is 11.9. The third-order valence-electron chi connectivity index (χ3n) is 3.84. The fourth-order valence-corrected chi connectivity index (χ4v) is 2.80. The number of benzene rings is 1. The molecule has 0 saturated heterocycles. The maximum Gasteiger partial charge on any atom is 0.318 e. The SMILES string of the molecule is NC(=O)NC(=O)COC(=O)C1(c2ccc(F)cc2)CCCC1. The fourth-order valence-electron chi connectivity index (χ4n) is 2.80. The van der Waals surface area contributed by atoms with Crippen LogP contribution in [0.3, 0.4) is 0 Å². The summed E-state index contributed by atoms with van der Waals surface area (Å²) in [4.78, 5) is 34.3. The van der Waals surface area contributed by atoms with E-state index in [-0.39, 0.29) is 5.82 Å². The van der Waals surface area contributed by atoms with Crippen molar-refractivity contribution in [1.82, 2.24) is 5.32 Å². The van der Waals surface area contributed by atoms with Crippen LogP contribution in [-0.2, 0) is 19.7 Å². The van der Waals surface area contributed by atoms with Crippen molar-refractivity contribution in [2.75, 3.05) is 6.61 Å². The number of hydrogen-bond acceptors (Lipinski definition) is 4. The van der Waals surface area contributed by atoms with Gasteiger partial charge in [-0.2, -0.15) is 0 Å². The Morgan fingerprint density at radius 1 is 1.18 bits per heavy atom. The van der Waals surface area contributed by atoms with Crippen LogP contribution in [0.25, 0.3) is 0 Å². The number of hydrogen-bond donors (Lipinski definition) is 2. The summed E-state index contributed by atoms with van der Waals surface area (Å²) in [5.41, 5.74) is 4.62. The van der Waals surface area contributed by atoms with Crippen LogP contribution < -0.4 is 11.1 Å². The van der Waals surface area contributed by atoms with Crippen LogP contribution in [0.1, 0.15) is 31.2 Å². The van der Waals surface area contributed by atoms with Crippen LogP contribution in [0.2, 0.25) is 0 Å². The molecule has 1 saturated carbocycles. The number of primary amides is 1. The largest absolute Gasteiger partial charge is 0.455 e. The molecule has 0 radical (unpaired) electrons. The minimum atomic E-state index is -1.00. The van der Waals surface area contributed by atoms with E-state index in [0.29, 0.717) is 18.4 Å². The lowest BCUT2D eigenvalue weighted by atomic mass is 9.79. The van der Waals surface area contributed by atoms with Gasteiger partial charge in [0.15, 0.2) is 6.61 Å². The van der Waals surface area contributed by atoms with Crippen molar-refractivity contribution in [2.45, 2.75) is 31.1 Å². The standard InChI is InChI=1S/C15H17FN2O4/c16-11-5-3-10(4-6-11)15(7-1-2-8-15)13(20)22-9-12(19)18-14(17)21/h3-6H,1-2,7-9H2,(H3,17,18,19,21). The molecule has 3 amide bonds. The molecule has 1 fully saturated rings. The maximum atomic E-state index is 13.1. The van der Waals surface area contributed by atoms with Gasteiger partial charge in [0.25, 0.3) is 5.91 Å². The molecule has 6 nitrogen and oxygen atoms in total. The minimum absolute atomic E-state index is 0.383. The molecule has 7 heteroatoms. The lowest BCUT2D eigenvalue weighted by Crippen LogP contribution is -2.40. The minimum Gasteiger partial charge on any atom is -0.455 e. The van der Waals surface area contributed by atoms with Crippen molar-refractivity contribution >= 4 is 17.9 Å². The first-order chi connectivity index (χ1) is 10.4. The Balaban J connectivity index is 2.10. The lowest BCUT2D eigenvalue weighted by molar-refractivity contribution is -0.154. The second kappa shape index (κ2) is 6.55. The molecule has 0 aromatic heterocycles. The summed E-state index contributed by atoms with van der Waals surface area (Å²) in [5.74, 6) is -1.71. The van der Waals surface area contributed by atoms with Gasteiger partial charge in [-0.25, -0.2) is 9.18 Å². The van der Waals surface area contributed by atoms with E-state index in [1.807, 2.05) is 5.32 Å². The highest BCUT2D eigenvalue weighted by Crippen LogP contribution is 2.42. The van der Waals surface area contributed by atoms with Crippen LogP contribution >= 0.6 is 0 Å². The lowest BCUT2D eigenvalue weighted by Gasteiger charge is -2.27. The van der Waals surface area contributed by atoms with Gasteiger partial charge in [-0.05, 0) is 30.5 Å². The molecular formula is C15H17FN2O4. The first kappa shape index (κ1) is 15.9. The Kier molecular flexibility index (Phi) is 4.75. The predicted molar refractivity (Wildman–Crippen MR) is 75.2 cm³/mol. The molecule has 3 N–H and O–H groups in total. The Labute approximate surface area is 126 Å². The average molecular weight is 308 g/mol. The molecule has 0 heterocycles. The van der Waals surface area contributed by atoms with E-state index < -0.39 is 29.9 Å². The molecule has 1 aromatic carbocycles. The van der Waals surface area contributed by atoms with Crippen LogP contribution in [0.15, 0.2) is 24.3 Å². The monoisotopic (exact) mass is 308 g/mol. The number of amides is 3. The molecule has 118 valence electrons. The van der Waals surface area contributed by atoms with Gasteiger partial charge in [-0.1, -0.05) is 25.0 Å². The number of halogens is 1. The quantitative estimate of drug-likeness (QED) is 0.821. The Hall–Kier alpha value is -2.44. The van der Waals surface area contributed by atoms with Crippen LogP contribution in [0.5, 0.6) is 0 Å². The molecule has 1 aliphatic carbocycles. The van der Waals surface area contributed by atoms with E-state index in [2.05, 4.69) is 0 Å². The van der Waals surface area contributed by atoms with E-state index in [4.69, 9.17) is 10.5 Å². The fraction of sp³-hybridized carbons (Fsp3) is 0.400. The van der Waals surface area contributed by atoms with E-state index in [0.717, 1.165) is 12.8 Å². The van der Waals surface area contributed by atoms with Gasteiger partial charge in [0.1, 0.15) is 5.82 Å². The summed E-state index contributed by atoms with van der Waals surface area (Å²) in [6.45, 7) is -0.579. The summed E-state index contributed by atoms with van der Waals surface area (Å²) < 4.78 is 18.1. The number of imide groups is 1. The van der Waals surface area contributed by atoms with Gasteiger partial charge in [0.05, 0.1) is 5.41 Å². The average Bonchev–Trinajstić information content (AvgIpc) is 2.95. The van der Waals surface area contributed by atoms with E-state index in [1.165, 1.54) is 12.1 Å². The number of nitrogens with two attached hydrogens (primary N) is 1. The molecule has 22 heavy (non-hydrogen) atoms. The van der Waals surface area contributed by atoms with Crippen molar-refractivity contribution in [2.24, 2.45) is 5.73 Å². The number of nitrogens with one attached hydrogen (secondary N) is 1. The molecule has 1 aromatic rings. The number of urea groups is 1. The summed E-state index contributed by atoms with van der Waals surface area (Å²) >= 11 is 0. The third-order valence-corrected chi connectivity index (χ3v) is 3.84. The molecule has 0 spiro atoms. The van der Waals surface area contributed by atoms with Crippen molar-refractivity contribution in [3.63, 3.8) is 0 Å². The van der Waals surface area contributed by atoms with E-state index >= 15 is 0 Å². The van der Waals surface area contributed by atoms with E-state index in [9.17, 15) is 18.8 Å². The van der Waals surface area contributed by atoms with Crippen LogP contribution in [0.4, 0.5) is 9.18 Å². The van der Waals surface area contributed by atoms with Crippen molar-refractivity contribution in [3.05, 3.63) is 35.6 Å². The summed E-state index contributed by atoms with van der Waals surface area (Å²) in [6.07, 6.45) is 2.85. The molecule has 0 atom stereocenters. The Bertz CT molecular complexity index is 580. The second-order valence-corrected chi connectivity index (χ2v) is 5.28. The van der Waals surface area contributed by atoms with Gasteiger partial charge in [-0.3, -0.25) is 14.9 Å². The third kappa shape index (κ3) is 3.41. The molecule has 0 unspecified atom stereocenters. The van der Waals surface area contributed by atoms with Crippen molar-refractivity contribution in [3.8, 4) is 0 Å². The van der Waals surface area contributed by atoms with Gasteiger partial charge in [0.2, 0.25) is 0 Å². The molecule has 1 aliphatic rings. The Morgan fingerprint density at radius 3 is 2.32 bits per heavy atom. The second-order valence-electron chi connectivity index (χ2n) is 5.28. The normalized spacial score (nSPS) is 16.0. The number of esters is 1. The highest BCUT2D eigenvalue weighted by molar-refractivity contribution is 5.95. The molecule has 2 rings (SSSR count). The zero-order chi connectivity index (χ0) is 16.2. The molecular weight excluding hydrogens is 291 g/mol. The first-order valence-corrected chi connectivity index (χ1v) is 6.96. The first-order valence-electron chi connectivity index (χ1n) is 6.96. The molecule has 0 bridgehead atoms. The summed E-state index contributed by atoms with van der Waals surface area (Å²) in [5, 5.41) is 1.82. The highest BCUT2D eigenvalue weighted by atomic mass is 19.1. The number of ether oxygens (including phenoxy) is 1. The topological polar surface area (TPSA) is 98.5 Å². The smallest absolute Gasteiger partial charge is 0.318 e. The van der Waals surface area contributed by atoms with Crippen LogP contribution in [-0.4, -0.2) is 24.5 Å². The van der Waals surface area contributed by atoms with E-state index in [1.54, 1.807) is 12.1 Å². The number of carbonyl (C=O) groups is 3. The van der Waals surface area contributed by atoms with Crippen molar-refractivity contribution in [1.29, 1.82) is 0 Å². The van der Waals surface area contributed by atoms with Crippen molar-refractivity contribution < 1.29 is 23.5 Å². The Morgan fingerprint density at radius 2 is 1.77 bits per heavy atom. The van der Waals surface area contributed by atoms with Gasteiger partial charge in [-0.15, -0.1) is 0 Å². The number of carbonyl (C=O) groups excluding carboxylic acids is 3. The van der Waals surface area contributed by atoms with Gasteiger partial charge in [0, 0.05) is 0 Å². The zero-order valence-corrected chi connectivity index (χ0v) is 11.9. The van der Waals surface area contributed by atoms with Gasteiger partial charge >= 0.3 is 12.0 Å². The molecule has 0 aliphatic heterocycles.